The fraction of sp³-hybridized carbons (Fsp3) is 0.467. The fourth-order valence-corrected chi connectivity index (χ4v) is 3.14. The Morgan fingerprint density at radius 1 is 1.43 bits per heavy atom. The minimum Gasteiger partial charge on any atom is -0.478 e. The molecule has 0 saturated carbocycles. The third-order valence-electron chi connectivity index (χ3n) is 4.34. The van der Waals surface area contributed by atoms with E-state index in [0.717, 1.165) is 12.8 Å². The molecule has 1 atom stereocenters. The number of nitrogens with one attached hydrogen (secondary N) is 1. The van der Waals surface area contributed by atoms with Crippen LogP contribution < -0.4 is 5.69 Å². The molecule has 1 aromatic heterocycles. The predicted octanol–water partition coefficient (Wildman–Crippen LogP) is 2.02. The van der Waals surface area contributed by atoms with E-state index in [1.54, 1.807) is 16.7 Å². The summed E-state index contributed by atoms with van der Waals surface area (Å²) in [5.74, 6) is -0.670. The van der Waals surface area contributed by atoms with Gasteiger partial charge in [0.15, 0.2) is 0 Å². The number of carbonyl (C=O) groups is 1. The molecule has 0 amide bonds. The maximum atomic E-state index is 12.3. The molecule has 3 rings (SSSR count). The molecule has 2 heterocycles. The summed E-state index contributed by atoms with van der Waals surface area (Å²) >= 11 is 0. The topological polar surface area (TPSA) is 84.3 Å². The third kappa shape index (κ3) is 2.35. The van der Waals surface area contributed by atoms with Gasteiger partial charge in [0, 0.05) is 19.3 Å². The molecule has 6 heteroatoms. The number of para-hydroxylation sites is 1. The third-order valence-corrected chi connectivity index (χ3v) is 4.34. The molecule has 1 aromatic carbocycles. The number of rotatable bonds is 3. The molecule has 1 saturated heterocycles. The van der Waals surface area contributed by atoms with Crippen LogP contribution in [-0.4, -0.2) is 33.8 Å². The van der Waals surface area contributed by atoms with Crippen molar-refractivity contribution in [1.29, 1.82) is 0 Å². The number of aromatic carboxylic acids is 1. The summed E-state index contributed by atoms with van der Waals surface area (Å²) in [4.78, 5) is 26.2. The van der Waals surface area contributed by atoms with Crippen LogP contribution in [0.5, 0.6) is 0 Å². The van der Waals surface area contributed by atoms with Crippen LogP contribution in [-0.2, 0) is 4.74 Å². The first kappa shape index (κ1) is 13.9. The van der Waals surface area contributed by atoms with Crippen molar-refractivity contribution < 1.29 is 14.6 Å². The molecule has 1 fully saturated rings. The van der Waals surface area contributed by atoms with Crippen LogP contribution in [0.15, 0.2) is 23.0 Å². The number of hydrogen-bond donors (Lipinski definition) is 2. The standard InChI is InChI=1S/C15H18N2O4/c1-9(10-5-7-21-8-6-10)17-12-4-2-3-11(14(18)19)13(12)16-15(17)20/h2-4,9-10H,5-8H2,1H3,(H,16,20)(H,18,19). The molecule has 0 radical (unpaired) electrons. The zero-order valence-electron chi connectivity index (χ0n) is 11.8. The smallest absolute Gasteiger partial charge is 0.337 e. The lowest BCUT2D eigenvalue weighted by Gasteiger charge is -2.28. The maximum Gasteiger partial charge on any atom is 0.337 e. The van der Waals surface area contributed by atoms with Gasteiger partial charge in [-0.15, -0.1) is 0 Å². The van der Waals surface area contributed by atoms with Gasteiger partial charge in [-0.2, -0.15) is 0 Å². The van der Waals surface area contributed by atoms with E-state index in [-0.39, 0.29) is 17.3 Å². The first-order valence-corrected chi connectivity index (χ1v) is 7.14. The Kier molecular flexibility index (Phi) is 3.55. The van der Waals surface area contributed by atoms with Crippen molar-refractivity contribution >= 4 is 17.0 Å². The normalized spacial score (nSPS) is 18.0. The molecule has 2 aromatic rings. The Morgan fingerprint density at radius 3 is 2.81 bits per heavy atom. The molecule has 6 nitrogen and oxygen atoms in total. The van der Waals surface area contributed by atoms with Crippen molar-refractivity contribution in [1.82, 2.24) is 9.55 Å². The number of hydrogen-bond acceptors (Lipinski definition) is 3. The summed E-state index contributed by atoms with van der Waals surface area (Å²) in [6.07, 6.45) is 1.83. The van der Waals surface area contributed by atoms with Crippen molar-refractivity contribution in [2.75, 3.05) is 13.2 Å². The number of carboxylic acid groups (broad SMARTS) is 1. The van der Waals surface area contributed by atoms with E-state index in [9.17, 15) is 14.7 Å². The van der Waals surface area contributed by atoms with Gasteiger partial charge in [-0.1, -0.05) is 6.07 Å². The highest BCUT2D eigenvalue weighted by Crippen LogP contribution is 2.29. The van der Waals surface area contributed by atoms with Gasteiger partial charge < -0.3 is 14.8 Å². The number of nitrogens with zero attached hydrogens (tertiary/aromatic N) is 1. The lowest BCUT2D eigenvalue weighted by Crippen LogP contribution is -2.29. The molecular weight excluding hydrogens is 272 g/mol. The van der Waals surface area contributed by atoms with E-state index >= 15 is 0 Å². The van der Waals surface area contributed by atoms with Crippen LogP contribution >= 0.6 is 0 Å². The monoisotopic (exact) mass is 290 g/mol. The molecule has 112 valence electrons. The molecule has 1 aliphatic rings. The van der Waals surface area contributed by atoms with Gasteiger partial charge in [0.1, 0.15) is 0 Å². The average Bonchev–Trinajstić information content (AvgIpc) is 2.82. The number of fused-ring (bicyclic) bond motifs is 1. The highest BCUT2D eigenvalue weighted by Gasteiger charge is 2.25. The Labute approximate surface area is 121 Å². The summed E-state index contributed by atoms with van der Waals surface area (Å²) in [7, 11) is 0. The second-order valence-corrected chi connectivity index (χ2v) is 5.50. The van der Waals surface area contributed by atoms with Gasteiger partial charge in [0.2, 0.25) is 0 Å². The van der Waals surface area contributed by atoms with Gasteiger partial charge in [0.25, 0.3) is 0 Å². The summed E-state index contributed by atoms with van der Waals surface area (Å²) in [5, 5.41) is 9.22. The average molecular weight is 290 g/mol. The molecule has 0 bridgehead atoms. The highest BCUT2D eigenvalue weighted by atomic mass is 16.5. The number of benzene rings is 1. The Hall–Kier alpha value is -2.08. The van der Waals surface area contributed by atoms with Crippen LogP contribution in [0.1, 0.15) is 36.2 Å². The fourth-order valence-electron chi connectivity index (χ4n) is 3.14. The zero-order valence-corrected chi connectivity index (χ0v) is 11.8. The van der Waals surface area contributed by atoms with Crippen molar-refractivity contribution in [3.63, 3.8) is 0 Å². The number of aromatic nitrogens is 2. The van der Waals surface area contributed by atoms with Gasteiger partial charge in [-0.25, -0.2) is 9.59 Å². The molecule has 21 heavy (non-hydrogen) atoms. The SMILES string of the molecule is CC(C1CCOCC1)n1c(=O)[nH]c2c(C(=O)O)cccc21. The van der Waals surface area contributed by atoms with Crippen molar-refractivity contribution in [2.45, 2.75) is 25.8 Å². The van der Waals surface area contributed by atoms with Crippen LogP contribution in [0.4, 0.5) is 0 Å². The number of H-pyrrole nitrogens is 1. The second-order valence-electron chi connectivity index (χ2n) is 5.50. The van der Waals surface area contributed by atoms with E-state index in [1.165, 1.54) is 6.07 Å². The summed E-state index contributed by atoms with van der Waals surface area (Å²) in [6.45, 7) is 3.44. The van der Waals surface area contributed by atoms with E-state index < -0.39 is 5.97 Å². The maximum absolute atomic E-state index is 12.3. The molecule has 0 aliphatic carbocycles. The largest absolute Gasteiger partial charge is 0.478 e. The summed E-state index contributed by atoms with van der Waals surface area (Å²) < 4.78 is 7.04. The van der Waals surface area contributed by atoms with E-state index in [0.29, 0.717) is 30.2 Å². The lowest BCUT2D eigenvalue weighted by molar-refractivity contribution is 0.0515. The predicted molar refractivity (Wildman–Crippen MR) is 77.8 cm³/mol. The van der Waals surface area contributed by atoms with Crippen LogP contribution in [0.25, 0.3) is 11.0 Å². The molecule has 0 spiro atoms. The first-order valence-electron chi connectivity index (χ1n) is 7.14. The van der Waals surface area contributed by atoms with Gasteiger partial charge in [-0.3, -0.25) is 4.57 Å². The van der Waals surface area contributed by atoms with E-state index in [4.69, 9.17) is 4.74 Å². The van der Waals surface area contributed by atoms with Crippen molar-refractivity contribution in [2.24, 2.45) is 5.92 Å². The second kappa shape index (κ2) is 5.37. The van der Waals surface area contributed by atoms with Crippen molar-refractivity contribution in [3.05, 3.63) is 34.2 Å². The minimum atomic E-state index is -1.03. The molecular formula is C15H18N2O4. The number of aromatic amines is 1. The van der Waals surface area contributed by atoms with E-state index in [1.807, 2.05) is 6.92 Å². The quantitative estimate of drug-likeness (QED) is 0.905. The van der Waals surface area contributed by atoms with Crippen LogP contribution in [0.2, 0.25) is 0 Å². The Bertz CT molecular complexity index is 725. The van der Waals surface area contributed by atoms with Gasteiger partial charge in [0.05, 0.1) is 16.6 Å². The van der Waals surface area contributed by atoms with Crippen molar-refractivity contribution in [3.8, 4) is 0 Å². The molecule has 1 aliphatic heterocycles. The Morgan fingerprint density at radius 2 is 2.14 bits per heavy atom. The first-order chi connectivity index (χ1) is 10.1. The summed E-state index contributed by atoms with van der Waals surface area (Å²) in [6, 6.07) is 4.98. The van der Waals surface area contributed by atoms with Crippen LogP contribution in [0, 0.1) is 5.92 Å². The zero-order chi connectivity index (χ0) is 15.0. The number of carboxylic acids is 1. The van der Waals surface area contributed by atoms with Crippen LogP contribution in [0.3, 0.4) is 0 Å². The highest BCUT2D eigenvalue weighted by molar-refractivity contribution is 6.00. The van der Waals surface area contributed by atoms with Gasteiger partial charge >= 0.3 is 11.7 Å². The molecule has 1 unspecified atom stereocenters. The number of ether oxygens (including phenoxy) is 1. The lowest BCUT2D eigenvalue weighted by atomic mass is 9.92. The summed E-state index contributed by atoms with van der Waals surface area (Å²) in [5.41, 5.74) is 0.924. The number of imidazole rings is 1. The molecule has 2 N–H and O–H groups in total. The Balaban J connectivity index is 2.10. The van der Waals surface area contributed by atoms with Gasteiger partial charge in [-0.05, 0) is 37.8 Å². The minimum absolute atomic E-state index is 0.0131. The van der Waals surface area contributed by atoms with E-state index in [2.05, 4.69) is 4.98 Å².